The van der Waals surface area contributed by atoms with E-state index in [2.05, 4.69) is 39.1 Å². The van der Waals surface area contributed by atoms with Gasteiger partial charge in [-0.05, 0) is 42.6 Å². The van der Waals surface area contributed by atoms with E-state index in [0.29, 0.717) is 17.4 Å². The van der Waals surface area contributed by atoms with Crippen molar-refractivity contribution in [2.24, 2.45) is 0 Å². The number of carboxylic acid groups (broad SMARTS) is 1. The lowest BCUT2D eigenvalue weighted by Gasteiger charge is -2.25. The first-order chi connectivity index (χ1) is 10.6. The SMILES string of the molecule is O=C(O)CNCc1cn(C2CCc3ccccc3C2)c(=S)[nH]1. The maximum Gasteiger partial charge on any atom is 0.317 e. The summed E-state index contributed by atoms with van der Waals surface area (Å²) in [6, 6.07) is 8.93. The van der Waals surface area contributed by atoms with Crippen LogP contribution in [0.2, 0.25) is 0 Å². The highest BCUT2D eigenvalue weighted by Gasteiger charge is 2.20. The third kappa shape index (κ3) is 3.28. The molecule has 116 valence electrons. The molecule has 0 saturated heterocycles. The van der Waals surface area contributed by atoms with Crippen molar-refractivity contribution in [3.05, 3.63) is 52.1 Å². The van der Waals surface area contributed by atoms with E-state index >= 15 is 0 Å². The van der Waals surface area contributed by atoms with Crippen LogP contribution in [0.5, 0.6) is 0 Å². The van der Waals surface area contributed by atoms with Crippen molar-refractivity contribution in [3.63, 3.8) is 0 Å². The van der Waals surface area contributed by atoms with Gasteiger partial charge >= 0.3 is 5.97 Å². The summed E-state index contributed by atoms with van der Waals surface area (Å²) in [6.07, 6.45) is 5.14. The number of nitrogens with zero attached hydrogens (tertiary/aromatic N) is 1. The van der Waals surface area contributed by atoms with E-state index < -0.39 is 5.97 Å². The molecule has 0 radical (unpaired) electrons. The van der Waals surface area contributed by atoms with E-state index in [1.165, 1.54) is 11.1 Å². The van der Waals surface area contributed by atoms with Crippen LogP contribution >= 0.6 is 12.2 Å². The van der Waals surface area contributed by atoms with Gasteiger partial charge in [0.15, 0.2) is 4.77 Å². The quantitative estimate of drug-likeness (QED) is 0.741. The predicted octanol–water partition coefficient (Wildman–Crippen LogP) is 2.45. The number of aryl methyl sites for hydroxylation is 1. The fourth-order valence-electron chi connectivity index (χ4n) is 3.04. The molecule has 1 aromatic carbocycles. The molecule has 0 amide bonds. The first-order valence-electron chi connectivity index (χ1n) is 7.43. The van der Waals surface area contributed by atoms with Crippen molar-refractivity contribution >= 4 is 18.2 Å². The number of aromatic amines is 1. The summed E-state index contributed by atoms with van der Waals surface area (Å²) in [5.41, 5.74) is 3.75. The van der Waals surface area contributed by atoms with Crippen molar-refractivity contribution < 1.29 is 9.90 Å². The number of imidazole rings is 1. The third-order valence-electron chi connectivity index (χ3n) is 4.10. The maximum atomic E-state index is 10.5. The number of rotatable bonds is 5. The van der Waals surface area contributed by atoms with Gasteiger partial charge in [-0.3, -0.25) is 4.79 Å². The van der Waals surface area contributed by atoms with Crippen molar-refractivity contribution in [1.82, 2.24) is 14.9 Å². The Balaban J connectivity index is 1.72. The van der Waals surface area contributed by atoms with Gasteiger partial charge in [-0.1, -0.05) is 24.3 Å². The fraction of sp³-hybridized carbons (Fsp3) is 0.375. The summed E-state index contributed by atoms with van der Waals surface area (Å²) in [4.78, 5) is 13.7. The van der Waals surface area contributed by atoms with Crippen LogP contribution in [-0.4, -0.2) is 27.2 Å². The Morgan fingerprint density at radius 3 is 2.95 bits per heavy atom. The molecule has 5 nitrogen and oxygen atoms in total. The summed E-state index contributed by atoms with van der Waals surface area (Å²) in [5, 5.41) is 11.5. The highest BCUT2D eigenvalue weighted by atomic mass is 32.1. The summed E-state index contributed by atoms with van der Waals surface area (Å²) < 4.78 is 2.82. The lowest BCUT2D eigenvalue weighted by Crippen LogP contribution is -2.22. The van der Waals surface area contributed by atoms with E-state index in [4.69, 9.17) is 17.3 Å². The van der Waals surface area contributed by atoms with Gasteiger partial charge in [0, 0.05) is 24.5 Å². The zero-order valence-corrected chi connectivity index (χ0v) is 13.0. The predicted molar refractivity (Wildman–Crippen MR) is 86.5 cm³/mol. The standard InChI is InChI=1S/C16H19N3O2S/c20-15(21)9-17-8-13-10-19(16(22)18-13)14-6-5-11-3-1-2-4-12(11)7-14/h1-4,10,14,17H,5-9H2,(H,18,22)(H,20,21). The van der Waals surface area contributed by atoms with Gasteiger partial charge in [0.05, 0.1) is 6.54 Å². The summed E-state index contributed by atoms with van der Waals surface area (Å²) in [7, 11) is 0. The number of hydrogen-bond donors (Lipinski definition) is 3. The van der Waals surface area contributed by atoms with Crippen LogP contribution in [0, 0.1) is 4.77 Å². The van der Waals surface area contributed by atoms with Crippen LogP contribution in [0.1, 0.15) is 29.3 Å². The van der Waals surface area contributed by atoms with E-state index in [9.17, 15) is 4.79 Å². The smallest absolute Gasteiger partial charge is 0.317 e. The molecule has 1 heterocycles. The van der Waals surface area contributed by atoms with Crippen molar-refractivity contribution in [2.45, 2.75) is 31.8 Å². The normalized spacial score (nSPS) is 17.2. The highest BCUT2D eigenvalue weighted by molar-refractivity contribution is 7.71. The van der Waals surface area contributed by atoms with Crippen LogP contribution in [-0.2, 0) is 24.2 Å². The van der Waals surface area contributed by atoms with Gasteiger partial charge in [-0.15, -0.1) is 0 Å². The molecular formula is C16H19N3O2S. The number of fused-ring (bicyclic) bond motifs is 1. The Labute approximate surface area is 134 Å². The van der Waals surface area contributed by atoms with Gasteiger partial charge < -0.3 is 20.0 Å². The maximum absolute atomic E-state index is 10.5. The average Bonchev–Trinajstić information content (AvgIpc) is 2.87. The number of aliphatic carboxylic acids is 1. The molecule has 0 bridgehead atoms. The van der Waals surface area contributed by atoms with Crippen molar-refractivity contribution in [1.29, 1.82) is 0 Å². The van der Waals surface area contributed by atoms with Gasteiger partial charge in [0.25, 0.3) is 0 Å². The molecule has 0 spiro atoms. The molecule has 1 unspecified atom stereocenters. The van der Waals surface area contributed by atoms with E-state index in [0.717, 1.165) is 25.0 Å². The zero-order valence-electron chi connectivity index (χ0n) is 12.2. The van der Waals surface area contributed by atoms with Gasteiger partial charge in [-0.25, -0.2) is 0 Å². The Hall–Kier alpha value is -1.92. The summed E-state index contributed by atoms with van der Waals surface area (Å²) in [5.74, 6) is -0.859. The van der Waals surface area contributed by atoms with Gasteiger partial charge in [0.1, 0.15) is 0 Å². The molecule has 2 aromatic rings. The van der Waals surface area contributed by atoms with Crippen LogP contribution in [0.4, 0.5) is 0 Å². The Morgan fingerprint density at radius 2 is 2.18 bits per heavy atom. The van der Waals surface area contributed by atoms with Crippen LogP contribution < -0.4 is 5.32 Å². The molecule has 0 aliphatic heterocycles. The topological polar surface area (TPSA) is 70.0 Å². The number of hydrogen-bond acceptors (Lipinski definition) is 3. The Bertz CT molecular complexity index is 735. The fourth-order valence-corrected chi connectivity index (χ4v) is 3.37. The molecule has 1 atom stereocenters. The molecule has 1 aliphatic rings. The first kappa shape index (κ1) is 15.0. The molecule has 3 rings (SSSR count). The van der Waals surface area contributed by atoms with E-state index in [1.54, 1.807) is 0 Å². The van der Waals surface area contributed by atoms with Crippen molar-refractivity contribution in [2.75, 3.05) is 6.54 Å². The average molecular weight is 317 g/mol. The zero-order chi connectivity index (χ0) is 15.5. The molecule has 22 heavy (non-hydrogen) atoms. The Kier molecular flexibility index (Phi) is 4.40. The Morgan fingerprint density at radius 1 is 1.41 bits per heavy atom. The number of carbonyl (C=O) groups is 1. The molecule has 3 N–H and O–H groups in total. The van der Waals surface area contributed by atoms with Gasteiger partial charge in [-0.2, -0.15) is 0 Å². The third-order valence-corrected chi connectivity index (χ3v) is 4.42. The monoisotopic (exact) mass is 317 g/mol. The number of aromatic nitrogens is 2. The van der Waals surface area contributed by atoms with Crippen LogP contribution in [0.15, 0.2) is 30.5 Å². The lowest BCUT2D eigenvalue weighted by atomic mass is 9.88. The summed E-state index contributed by atoms with van der Waals surface area (Å²) >= 11 is 5.42. The molecule has 0 fully saturated rings. The molecule has 1 aromatic heterocycles. The molecule has 6 heteroatoms. The van der Waals surface area contributed by atoms with Crippen molar-refractivity contribution in [3.8, 4) is 0 Å². The largest absolute Gasteiger partial charge is 0.480 e. The minimum Gasteiger partial charge on any atom is -0.480 e. The second kappa shape index (κ2) is 6.46. The lowest BCUT2D eigenvalue weighted by molar-refractivity contribution is -0.135. The highest BCUT2D eigenvalue weighted by Crippen LogP contribution is 2.29. The number of carboxylic acids is 1. The minimum atomic E-state index is -0.859. The second-order valence-electron chi connectivity index (χ2n) is 5.65. The van der Waals surface area contributed by atoms with Crippen LogP contribution in [0.25, 0.3) is 0 Å². The molecule has 1 aliphatic carbocycles. The minimum absolute atomic E-state index is 0.0530. The first-order valence-corrected chi connectivity index (χ1v) is 7.83. The number of H-pyrrole nitrogens is 1. The van der Waals surface area contributed by atoms with E-state index in [-0.39, 0.29) is 6.54 Å². The second-order valence-corrected chi connectivity index (χ2v) is 6.04. The number of benzene rings is 1. The van der Waals surface area contributed by atoms with E-state index in [1.807, 2.05) is 6.20 Å². The van der Waals surface area contributed by atoms with Crippen LogP contribution in [0.3, 0.4) is 0 Å². The molecule has 0 saturated carbocycles. The number of nitrogens with one attached hydrogen (secondary N) is 2. The van der Waals surface area contributed by atoms with Gasteiger partial charge in [0.2, 0.25) is 0 Å². The molecular weight excluding hydrogens is 298 g/mol. The summed E-state index contributed by atoms with van der Waals surface area (Å²) in [6.45, 7) is 0.425.